The Morgan fingerprint density at radius 1 is 1.50 bits per heavy atom. The topological polar surface area (TPSA) is 18.5 Å². The summed E-state index contributed by atoms with van der Waals surface area (Å²) in [6.45, 7) is -0.116. The van der Waals surface area contributed by atoms with E-state index in [0.29, 0.717) is 12.2 Å². The molecule has 0 spiro atoms. The van der Waals surface area contributed by atoms with E-state index in [1.165, 1.54) is 0 Å². The summed E-state index contributed by atoms with van der Waals surface area (Å²) in [5, 5.41) is 0. The molecule has 2 unspecified atom stereocenters. The molecule has 2 rings (SSSR count). The Labute approximate surface area is 94.4 Å². The molecule has 1 aromatic rings. The van der Waals surface area contributed by atoms with Crippen LogP contribution >= 0.6 is 0 Å². The van der Waals surface area contributed by atoms with Gasteiger partial charge in [0.2, 0.25) is 5.85 Å². The van der Waals surface area contributed by atoms with Crippen molar-refractivity contribution in [3.8, 4) is 18.1 Å². The van der Waals surface area contributed by atoms with Gasteiger partial charge in [-0.05, 0) is 18.6 Å². The maximum atomic E-state index is 14.0. The predicted octanol–water partition coefficient (Wildman–Crippen LogP) is 2.54. The van der Waals surface area contributed by atoms with Crippen LogP contribution in [0.4, 0.5) is 4.39 Å². The Hall–Kier alpha value is -1.53. The third-order valence-corrected chi connectivity index (χ3v) is 2.52. The first kappa shape index (κ1) is 11.0. The van der Waals surface area contributed by atoms with Gasteiger partial charge in [0.1, 0.15) is 18.5 Å². The van der Waals surface area contributed by atoms with Gasteiger partial charge in [0, 0.05) is 6.42 Å². The molecule has 84 valence electrons. The SMILES string of the molecule is C#CC1CCC(F)(COc2ccccc2)O1. The van der Waals surface area contributed by atoms with Crippen molar-refractivity contribution in [1.29, 1.82) is 0 Å². The summed E-state index contributed by atoms with van der Waals surface area (Å²) < 4.78 is 24.4. The minimum Gasteiger partial charge on any atom is -0.488 e. The highest BCUT2D eigenvalue weighted by Gasteiger charge is 2.40. The molecule has 2 atom stereocenters. The van der Waals surface area contributed by atoms with E-state index in [9.17, 15) is 4.39 Å². The van der Waals surface area contributed by atoms with Gasteiger partial charge in [-0.2, -0.15) is 0 Å². The summed E-state index contributed by atoms with van der Waals surface area (Å²) in [7, 11) is 0. The molecule has 0 aromatic heterocycles. The fraction of sp³-hybridized carbons (Fsp3) is 0.385. The van der Waals surface area contributed by atoms with E-state index in [-0.39, 0.29) is 13.0 Å². The van der Waals surface area contributed by atoms with Crippen LogP contribution < -0.4 is 4.74 Å². The Morgan fingerprint density at radius 2 is 2.25 bits per heavy atom. The van der Waals surface area contributed by atoms with E-state index in [1.807, 2.05) is 18.2 Å². The van der Waals surface area contributed by atoms with Gasteiger partial charge in [0.05, 0.1) is 0 Å². The summed E-state index contributed by atoms with van der Waals surface area (Å²) in [6, 6.07) is 9.09. The lowest BCUT2D eigenvalue weighted by Gasteiger charge is -2.19. The van der Waals surface area contributed by atoms with Gasteiger partial charge >= 0.3 is 0 Å². The Morgan fingerprint density at radius 3 is 2.88 bits per heavy atom. The van der Waals surface area contributed by atoms with Gasteiger partial charge in [-0.15, -0.1) is 6.42 Å². The molecule has 0 aliphatic carbocycles. The second-order valence-electron chi connectivity index (χ2n) is 3.80. The van der Waals surface area contributed by atoms with Crippen molar-refractivity contribution >= 4 is 0 Å². The molecule has 1 aliphatic rings. The zero-order chi connectivity index (χ0) is 11.4. The Kier molecular flexibility index (Phi) is 3.12. The normalized spacial score (nSPS) is 28.6. The van der Waals surface area contributed by atoms with Gasteiger partial charge in [-0.1, -0.05) is 24.1 Å². The summed E-state index contributed by atoms with van der Waals surface area (Å²) >= 11 is 0. The van der Waals surface area contributed by atoms with Crippen LogP contribution in [0.5, 0.6) is 5.75 Å². The van der Waals surface area contributed by atoms with Crippen molar-refractivity contribution < 1.29 is 13.9 Å². The molecule has 1 heterocycles. The number of halogens is 1. The highest BCUT2D eigenvalue weighted by molar-refractivity contribution is 5.21. The van der Waals surface area contributed by atoms with Gasteiger partial charge < -0.3 is 9.47 Å². The quantitative estimate of drug-likeness (QED) is 0.729. The summed E-state index contributed by atoms with van der Waals surface area (Å²) in [4.78, 5) is 0. The fourth-order valence-corrected chi connectivity index (χ4v) is 1.65. The maximum absolute atomic E-state index is 14.0. The second kappa shape index (κ2) is 4.54. The van der Waals surface area contributed by atoms with Crippen molar-refractivity contribution in [2.24, 2.45) is 0 Å². The van der Waals surface area contributed by atoms with E-state index in [0.717, 1.165) is 0 Å². The number of terminal acetylenes is 1. The first-order valence-corrected chi connectivity index (χ1v) is 5.22. The minimum absolute atomic E-state index is 0.116. The third kappa shape index (κ3) is 2.53. The van der Waals surface area contributed by atoms with Gasteiger partial charge in [0.15, 0.2) is 0 Å². The standard InChI is InChI=1S/C13H13FO2/c1-2-11-8-9-13(14,16-11)10-15-12-6-4-3-5-7-12/h1,3-7,11H,8-10H2. The monoisotopic (exact) mass is 220 g/mol. The smallest absolute Gasteiger partial charge is 0.244 e. The number of ether oxygens (including phenoxy) is 2. The predicted molar refractivity (Wildman–Crippen MR) is 58.7 cm³/mol. The van der Waals surface area contributed by atoms with Gasteiger partial charge in [0.25, 0.3) is 0 Å². The maximum Gasteiger partial charge on any atom is 0.244 e. The van der Waals surface area contributed by atoms with Crippen LogP contribution in [-0.2, 0) is 4.74 Å². The third-order valence-electron chi connectivity index (χ3n) is 2.52. The molecule has 0 saturated carbocycles. The molecular weight excluding hydrogens is 207 g/mol. The number of para-hydroxylation sites is 1. The molecular formula is C13H13FO2. The van der Waals surface area contributed by atoms with Crippen LogP contribution in [0.2, 0.25) is 0 Å². The Balaban J connectivity index is 1.89. The first-order valence-electron chi connectivity index (χ1n) is 5.22. The summed E-state index contributed by atoms with van der Waals surface area (Å²) in [5.41, 5.74) is 0. The molecule has 0 bridgehead atoms. The lowest BCUT2D eigenvalue weighted by Crippen LogP contribution is -2.30. The first-order chi connectivity index (χ1) is 7.72. The van der Waals surface area contributed by atoms with Crippen LogP contribution in [0.3, 0.4) is 0 Å². The fourth-order valence-electron chi connectivity index (χ4n) is 1.65. The molecule has 2 nitrogen and oxygen atoms in total. The molecule has 16 heavy (non-hydrogen) atoms. The van der Waals surface area contributed by atoms with E-state index >= 15 is 0 Å². The van der Waals surface area contributed by atoms with Gasteiger partial charge in [-0.3, -0.25) is 0 Å². The zero-order valence-electron chi connectivity index (χ0n) is 8.86. The lowest BCUT2D eigenvalue weighted by molar-refractivity contribution is -0.143. The zero-order valence-corrected chi connectivity index (χ0v) is 8.86. The average Bonchev–Trinajstić information content (AvgIpc) is 2.71. The van der Waals surface area contributed by atoms with Crippen LogP contribution in [0.15, 0.2) is 30.3 Å². The highest BCUT2D eigenvalue weighted by atomic mass is 19.2. The van der Waals surface area contributed by atoms with Crippen molar-refractivity contribution in [3.63, 3.8) is 0 Å². The molecule has 1 aliphatic heterocycles. The largest absolute Gasteiger partial charge is 0.488 e. The number of rotatable bonds is 3. The van der Waals surface area contributed by atoms with Gasteiger partial charge in [-0.25, -0.2) is 4.39 Å². The molecule has 0 radical (unpaired) electrons. The number of alkyl halides is 1. The molecule has 0 N–H and O–H groups in total. The molecule has 1 fully saturated rings. The van der Waals surface area contributed by atoms with E-state index in [4.69, 9.17) is 15.9 Å². The lowest BCUT2D eigenvalue weighted by atomic mass is 10.2. The van der Waals surface area contributed by atoms with Crippen molar-refractivity contribution in [3.05, 3.63) is 30.3 Å². The highest BCUT2D eigenvalue weighted by Crippen LogP contribution is 2.32. The number of hydrogen-bond acceptors (Lipinski definition) is 2. The van der Waals surface area contributed by atoms with Crippen LogP contribution in [-0.4, -0.2) is 18.6 Å². The molecule has 0 amide bonds. The number of benzene rings is 1. The Bertz CT molecular complexity index is 385. The van der Waals surface area contributed by atoms with Crippen molar-refractivity contribution in [1.82, 2.24) is 0 Å². The molecule has 1 saturated heterocycles. The van der Waals surface area contributed by atoms with Crippen LogP contribution in [0, 0.1) is 12.3 Å². The summed E-state index contributed by atoms with van der Waals surface area (Å²) in [6.07, 6.45) is 5.59. The van der Waals surface area contributed by atoms with E-state index in [2.05, 4.69) is 5.92 Å². The number of hydrogen-bond donors (Lipinski definition) is 0. The van der Waals surface area contributed by atoms with Crippen LogP contribution in [0.25, 0.3) is 0 Å². The van der Waals surface area contributed by atoms with Crippen LogP contribution in [0.1, 0.15) is 12.8 Å². The average molecular weight is 220 g/mol. The second-order valence-corrected chi connectivity index (χ2v) is 3.80. The van der Waals surface area contributed by atoms with Crippen molar-refractivity contribution in [2.45, 2.75) is 24.8 Å². The summed E-state index contributed by atoms with van der Waals surface area (Å²) in [5.74, 6) is 1.29. The molecule has 3 heteroatoms. The molecule has 1 aromatic carbocycles. The van der Waals surface area contributed by atoms with Crippen molar-refractivity contribution in [2.75, 3.05) is 6.61 Å². The minimum atomic E-state index is -1.74. The van der Waals surface area contributed by atoms with E-state index < -0.39 is 12.0 Å². The van der Waals surface area contributed by atoms with E-state index in [1.54, 1.807) is 12.1 Å².